The molecule has 2 nitrogen and oxygen atoms in total. The zero-order chi connectivity index (χ0) is 10.3. The monoisotopic (exact) mass is 208 g/mol. The Bertz CT molecular complexity index is 126. The summed E-state index contributed by atoms with van der Waals surface area (Å²) in [5, 5.41) is 0. The summed E-state index contributed by atoms with van der Waals surface area (Å²) in [7, 11) is 3.26. The first-order chi connectivity index (χ1) is 6.14. The van der Waals surface area contributed by atoms with E-state index in [-0.39, 0.29) is 11.2 Å². The molecule has 0 heterocycles. The summed E-state index contributed by atoms with van der Waals surface area (Å²) in [5.41, 5.74) is 0. The fourth-order valence-electron chi connectivity index (χ4n) is 1.45. The number of hydrogen-bond donors (Lipinski definition) is 0. The van der Waals surface area contributed by atoms with Gasteiger partial charge in [-0.25, -0.2) is 0 Å². The highest BCUT2D eigenvalue weighted by Crippen LogP contribution is 2.32. The summed E-state index contributed by atoms with van der Waals surface area (Å²) < 4.78 is 10.4. The number of halogens is 1. The molecule has 0 aliphatic heterocycles. The lowest BCUT2D eigenvalue weighted by Gasteiger charge is -2.32. The van der Waals surface area contributed by atoms with E-state index in [0.29, 0.717) is 0 Å². The maximum atomic E-state index is 6.42. The first-order valence-electron chi connectivity index (χ1n) is 4.89. The molecule has 0 aliphatic carbocycles. The predicted molar refractivity (Wildman–Crippen MR) is 56.2 cm³/mol. The summed E-state index contributed by atoms with van der Waals surface area (Å²) in [6.07, 6.45) is 3.76. The fraction of sp³-hybridized carbons (Fsp3) is 1.00. The molecule has 80 valence electrons. The van der Waals surface area contributed by atoms with Gasteiger partial charge in [-0.05, 0) is 12.8 Å². The van der Waals surface area contributed by atoms with E-state index in [1.54, 1.807) is 14.2 Å². The van der Waals surface area contributed by atoms with Gasteiger partial charge in [0.2, 0.25) is 0 Å². The van der Waals surface area contributed by atoms with Gasteiger partial charge in [0.25, 0.3) is 0 Å². The van der Waals surface area contributed by atoms with Crippen molar-refractivity contribution in [3.05, 3.63) is 0 Å². The Kier molecular flexibility index (Phi) is 6.74. The number of hydrogen-bond acceptors (Lipinski definition) is 2. The minimum absolute atomic E-state index is 0.300. The zero-order valence-corrected chi connectivity index (χ0v) is 9.86. The van der Waals surface area contributed by atoms with Crippen molar-refractivity contribution in [3.63, 3.8) is 0 Å². The Morgan fingerprint density at radius 2 is 1.77 bits per heavy atom. The van der Waals surface area contributed by atoms with Crippen LogP contribution in [0.1, 0.15) is 39.5 Å². The molecule has 1 unspecified atom stereocenters. The van der Waals surface area contributed by atoms with E-state index >= 15 is 0 Å². The second kappa shape index (κ2) is 6.63. The first-order valence-corrected chi connectivity index (χ1v) is 5.26. The van der Waals surface area contributed by atoms with Gasteiger partial charge in [-0.15, -0.1) is 11.6 Å². The topological polar surface area (TPSA) is 18.5 Å². The lowest BCUT2D eigenvalue weighted by atomic mass is 9.97. The molecule has 1 atom stereocenters. The maximum Gasteiger partial charge on any atom is 0.175 e. The molecule has 0 bridgehead atoms. The van der Waals surface area contributed by atoms with Crippen LogP contribution in [0.25, 0.3) is 0 Å². The maximum absolute atomic E-state index is 6.42. The largest absolute Gasteiger partial charge is 0.354 e. The summed E-state index contributed by atoms with van der Waals surface area (Å²) in [6, 6.07) is 0. The number of ether oxygens (including phenoxy) is 2. The summed E-state index contributed by atoms with van der Waals surface area (Å²) in [6.45, 7) is 4.22. The third-order valence-corrected chi connectivity index (χ3v) is 3.02. The van der Waals surface area contributed by atoms with Gasteiger partial charge in [-0.2, -0.15) is 0 Å². The summed E-state index contributed by atoms with van der Waals surface area (Å²) in [5.74, 6) is 0. The van der Waals surface area contributed by atoms with Gasteiger partial charge >= 0.3 is 0 Å². The number of rotatable bonds is 7. The van der Waals surface area contributed by atoms with E-state index in [4.69, 9.17) is 21.1 Å². The van der Waals surface area contributed by atoms with Gasteiger partial charge in [0.1, 0.15) is 0 Å². The summed E-state index contributed by atoms with van der Waals surface area (Å²) in [4.78, 5) is -0.362. The van der Waals surface area contributed by atoms with Crippen LogP contribution in [0.15, 0.2) is 0 Å². The lowest BCUT2D eigenvalue weighted by molar-refractivity contribution is -0.129. The molecular formula is C10H21ClO2. The van der Waals surface area contributed by atoms with Crippen molar-refractivity contribution in [2.75, 3.05) is 14.2 Å². The van der Waals surface area contributed by atoms with E-state index in [9.17, 15) is 0 Å². The molecular weight excluding hydrogens is 188 g/mol. The molecule has 0 radical (unpaired) electrons. The molecule has 0 rings (SSSR count). The van der Waals surface area contributed by atoms with E-state index < -0.39 is 0 Å². The summed E-state index contributed by atoms with van der Waals surface area (Å²) >= 11 is 6.42. The molecule has 0 aromatic heterocycles. The minimum Gasteiger partial charge on any atom is -0.354 e. The normalized spacial score (nSPS) is 16.2. The van der Waals surface area contributed by atoms with Crippen molar-refractivity contribution in [2.24, 2.45) is 0 Å². The Hall–Kier alpha value is 0.210. The van der Waals surface area contributed by atoms with Crippen molar-refractivity contribution in [1.82, 2.24) is 0 Å². The standard InChI is InChI=1S/C10H21ClO2/c1-5-7-8-10(11,6-2)9(12-3)13-4/h9H,5-8H2,1-4H3. The lowest BCUT2D eigenvalue weighted by Crippen LogP contribution is -2.39. The van der Waals surface area contributed by atoms with Gasteiger partial charge in [0, 0.05) is 14.2 Å². The fourth-order valence-corrected chi connectivity index (χ4v) is 1.76. The van der Waals surface area contributed by atoms with E-state index in [2.05, 4.69) is 13.8 Å². The van der Waals surface area contributed by atoms with E-state index in [1.165, 1.54) is 0 Å². The average Bonchev–Trinajstić information content (AvgIpc) is 2.16. The quantitative estimate of drug-likeness (QED) is 0.473. The van der Waals surface area contributed by atoms with Crippen LogP contribution < -0.4 is 0 Å². The van der Waals surface area contributed by atoms with Gasteiger partial charge in [0.05, 0.1) is 4.87 Å². The Morgan fingerprint density at radius 3 is 2.08 bits per heavy atom. The molecule has 0 aromatic carbocycles. The number of alkyl halides is 1. The van der Waals surface area contributed by atoms with E-state index in [0.717, 1.165) is 25.7 Å². The predicted octanol–water partition coefficient (Wildman–Crippen LogP) is 3.18. The van der Waals surface area contributed by atoms with Crippen LogP contribution in [-0.4, -0.2) is 25.4 Å². The SMILES string of the molecule is CCCCC(Cl)(CC)C(OC)OC. The molecule has 3 heteroatoms. The van der Waals surface area contributed by atoms with Crippen LogP contribution in [0.2, 0.25) is 0 Å². The van der Waals surface area contributed by atoms with Gasteiger partial charge in [-0.1, -0.05) is 26.7 Å². The molecule has 0 aliphatic rings. The van der Waals surface area contributed by atoms with Crippen LogP contribution in [0.4, 0.5) is 0 Å². The minimum atomic E-state index is -0.362. The second-order valence-corrected chi connectivity index (χ2v) is 4.05. The van der Waals surface area contributed by atoms with Crippen molar-refractivity contribution < 1.29 is 9.47 Å². The molecule has 0 saturated carbocycles. The Morgan fingerprint density at radius 1 is 1.23 bits per heavy atom. The Labute approximate surface area is 86.6 Å². The zero-order valence-electron chi connectivity index (χ0n) is 9.10. The van der Waals surface area contributed by atoms with E-state index in [1.807, 2.05) is 0 Å². The average molecular weight is 209 g/mol. The highest BCUT2D eigenvalue weighted by molar-refractivity contribution is 6.24. The smallest absolute Gasteiger partial charge is 0.175 e. The second-order valence-electron chi connectivity index (χ2n) is 3.30. The molecule has 13 heavy (non-hydrogen) atoms. The highest BCUT2D eigenvalue weighted by atomic mass is 35.5. The third kappa shape index (κ3) is 3.84. The van der Waals surface area contributed by atoms with Crippen molar-refractivity contribution in [3.8, 4) is 0 Å². The van der Waals surface area contributed by atoms with Crippen LogP contribution >= 0.6 is 11.6 Å². The molecule has 0 fully saturated rings. The number of methoxy groups -OCH3 is 2. The molecule has 0 saturated heterocycles. The molecule has 0 aromatic rings. The van der Waals surface area contributed by atoms with Crippen molar-refractivity contribution in [2.45, 2.75) is 50.7 Å². The highest BCUT2D eigenvalue weighted by Gasteiger charge is 2.35. The molecule has 0 spiro atoms. The van der Waals surface area contributed by atoms with Crippen LogP contribution in [-0.2, 0) is 9.47 Å². The van der Waals surface area contributed by atoms with Crippen LogP contribution in [0, 0.1) is 0 Å². The van der Waals surface area contributed by atoms with Gasteiger partial charge < -0.3 is 9.47 Å². The molecule has 0 amide bonds. The van der Waals surface area contributed by atoms with Crippen molar-refractivity contribution in [1.29, 1.82) is 0 Å². The first kappa shape index (κ1) is 13.2. The number of unbranched alkanes of at least 4 members (excludes halogenated alkanes) is 1. The van der Waals surface area contributed by atoms with Gasteiger partial charge in [0.15, 0.2) is 6.29 Å². The van der Waals surface area contributed by atoms with Crippen molar-refractivity contribution >= 4 is 11.6 Å². The van der Waals surface area contributed by atoms with Crippen LogP contribution in [0.3, 0.4) is 0 Å². The Balaban J connectivity index is 4.21. The third-order valence-electron chi connectivity index (χ3n) is 2.38. The van der Waals surface area contributed by atoms with Crippen LogP contribution in [0.5, 0.6) is 0 Å². The molecule has 0 N–H and O–H groups in total. The van der Waals surface area contributed by atoms with Gasteiger partial charge in [-0.3, -0.25) is 0 Å².